The number of thioether (sulfide) groups is 1. The van der Waals surface area contributed by atoms with E-state index in [1.807, 2.05) is 60.8 Å². The molecule has 1 atom stereocenters. The molecule has 1 aromatic heterocycles. The normalized spacial score (nSPS) is 21.0. The van der Waals surface area contributed by atoms with Crippen molar-refractivity contribution in [1.29, 1.82) is 0 Å². The Bertz CT molecular complexity index is 1080. The van der Waals surface area contributed by atoms with Gasteiger partial charge in [-0.25, -0.2) is 4.98 Å². The highest BCUT2D eigenvalue weighted by atomic mass is 32.2. The quantitative estimate of drug-likeness (QED) is 0.715. The largest absolute Gasteiger partial charge is 0.323 e. The molecule has 2 aromatic carbocycles. The highest BCUT2D eigenvalue weighted by molar-refractivity contribution is 8.02. The number of rotatable bonds is 2. The lowest BCUT2D eigenvalue weighted by molar-refractivity contribution is -0.122. The zero-order valence-electron chi connectivity index (χ0n) is 14.4. The molecule has 5 nitrogen and oxygen atoms in total. The minimum absolute atomic E-state index is 0.0656. The van der Waals surface area contributed by atoms with E-state index in [0.29, 0.717) is 5.69 Å². The van der Waals surface area contributed by atoms with Gasteiger partial charge < -0.3 is 5.32 Å². The van der Waals surface area contributed by atoms with Gasteiger partial charge >= 0.3 is 0 Å². The van der Waals surface area contributed by atoms with Gasteiger partial charge in [0, 0.05) is 27.9 Å². The summed E-state index contributed by atoms with van der Waals surface area (Å²) in [4.78, 5) is 30.8. The predicted octanol–water partition coefficient (Wildman–Crippen LogP) is 4.00. The van der Waals surface area contributed by atoms with E-state index in [1.54, 1.807) is 16.2 Å². The van der Waals surface area contributed by atoms with Crippen molar-refractivity contribution in [2.24, 2.45) is 0 Å². The van der Waals surface area contributed by atoms with Crippen LogP contribution < -0.4 is 10.2 Å². The number of amides is 2. The maximum atomic E-state index is 12.9. The van der Waals surface area contributed by atoms with Crippen LogP contribution in [0.2, 0.25) is 0 Å². The lowest BCUT2D eigenvalue weighted by Crippen LogP contribution is -2.47. The molecule has 1 N–H and O–H groups in total. The number of carbonyl (C=O) groups is 2. The van der Waals surface area contributed by atoms with Gasteiger partial charge in [-0.2, -0.15) is 0 Å². The van der Waals surface area contributed by atoms with Gasteiger partial charge in [0.25, 0.3) is 5.91 Å². The number of aromatic nitrogens is 1. The average Bonchev–Trinajstić information content (AvgIpc) is 3.34. The summed E-state index contributed by atoms with van der Waals surface area (Å²) in [5.41, 5.74) is 4.24. The van der Waals surface area contributed by atoms with E-state index in [9.17, 15) is 9.59 Å². The Hall–Kier alpha value is -2.64. The molecule has 7 heteroatoms. The highest BCUT2D eigenvalue weighted by Crippen LogP contribution is 2.53. The molecule has 1 saturated heterocycles. The number of para-hydroxylation sites is 1. The van der Waals surface area contributed by atoms with Crippen LogP contribution in [-0.2, 0) is 14.5 Å². The van der Waals surface area contributed by atoms with Crippen LogP contribution in [-0.4, -0.2) is 22.6 Å². The van der Waals surface area contributed by atoms with Crippen molar-refractivity contribution in [2.75, 3.05) is 16.0 Å². The number of hydrogen-bond donors (Lipinski definition) is 1. The Kier molecular flexibility index (Phi) is 3.63. The molecule has 2 aliphatic heterocycles. The monoisotopic (exact) mass is 393 g/mol. The van der Waals surface area contributed by atoms with Crippen molar-refractivity contribution in [3.8, 4) is 11.3 Å². The Morgan fingerprint density at radius 1 is 1.11 bits per heavy atom. The number of anilines is 2. The van der Waals surface area contributed by atoms with Crippen LogP contribution in [0.15, 0.2) is 53.9 Å². The number of benzene rings is 2. The topological polar surface area (TPSA) is 62.3 Å². The van der Waals surface area contributed by atoms with Crippen LogP contribution in [0.4, 0.5) is 11.4 Å². The SMILES string of the molecule is Cc1nc(-c2ccc(N3C(=O)CSC34C(=O)Nc3ccccc34)cc2)cs1. The molecule has 0 bridgehead atoms. The maximum absolute atomic E-state index is 12.9. The zero-order valence-corrected chi connectivity index (χ0v) is 16.1. The van der Waals surface area contributed by atoms with Crippen molar-refractivity contribution < 1.29 is 9.59 Å². The van der Waals surface area contributed by atoms with Crippen LogP contribution in [0.5, 0.6) is 0 Å². The Labute approximate surface area is 164 Å². The first-order chi connectivity index (χ1) is 13.1. The fourth-order valence-corrected chi connectivity index (χ4v) is 5.59. The van der Waals surface area contributed by atoms with Crippen LogP contribution in [0.1, 0.15) is 10.6 Å². The van der Waals surface area contributed by atoms with Crippen LogP contribution >= 0.6 is 23.1 Å². The number of fused-ring (bicyclic) bond motifs is 2. The molecule has 0 saturated carbocycles. The summed E-state index contributed by atoms with van der Waals surface area (Å²) < 4.78 is 0. The van der Waals surface area contributed by atoms with E-state index in [1.165, 1.54) is 11.8 Å². The minimum Gasteiger partial charge on any atom is -0.323 e. The molecular weight excluding hydrogens is 378 g/mol. The Morgan fingerprint density at radius 2 is 1.89 bits per heavy atom. The molecule has 2 amide bonds. The van der Waals surface area contributed by atoms with Crippen LogP contribution in [0.3, 0.4) is 0 Å². The van der Waals surface area contributed by atoms with Gasteiger partial charge in [0.15, 0.2) is 0 Å². The summed E-state index contributed by atoms with van der Waals surface area (Å²) >= 11 is 2.98. The van der Waals surface area contributed by atoms with Crippen molar-refractivity contribution in [1.82, 2.24) is 4.98 Å². The van der Waals surface area contributed by atoms with Gasteiger partial charge in [-0.3, -0.25) is 14.5 Å². The van der Waals surface area contributed by atoms with E-state index in [-0.39, 0.29) is 17.6 Å². The summed E-state index contributed by atoms with van der Waals surface area (Å²) in [7, 11) is 0. The standard InChI is InChI=1S/C20H15N3O2S2/c1-12-21-17(10-26-12)13-6-8-14(9-7-13)23-18(24)11-27-20(23)15-4-2-3-5-16(15)22-19(20)25/h2-10H,11H2,1H3,(H,22,25). The third kappa shape index (κ3) is 2.35. The molecule has 1 unspecified atom stereocenters. The first-order valence-corrected chi connectivity index (χ1v) is 10.4. The predicted molar refractivity (Wildman–Crippen MR) is 109 cm³/mol. The molecular formula is C20H15N3O2S2. The second-order valence-electron chi connectivity index (χ2n) is 6.46. The van der Waals surface area contributed by atoms with Crippen LogP contribution in [0.25, 0.3) is 11.3 Å². The number of carbonyl (C=O) groups excluding carboxylic acids is 2. The number of nitrogens with one attached hydrogen (secondary N) is 1. The van der Waals surface area contributed by atoms with Gasteiger partial charge in [-0.15, -0.1) is 23.1 Å². The number of nitrogens with zero attached hydrogens (tertiary/aromatic N) is 2. The van der Waals surface area contributed by atoms with E-state index in [2.05, 4.69) is 10.3 Å². The highest BCUT2D eigenvalue weighted by Gasteiger charge is 2.58. The summed E-state index contributed by atoms with van der Waals surface area (Å²) in [5.74, 6) is 0.0391. The molecule has 5 rings (SSSR count). The van der Waals surface area contributed by atoms with E-state index in [4.69, 9.17) is 0 Å². The van der Waals surface area contributed by atoms with Gasteiger partial charge in [0.05, 0.1) is 16.5 Å². The molecule has 3 heterocycles. The van der Waals surface area contributed by atoms with Gasteiger partial charge in [-0.05, 0) is 25.1 Å². The average molecular weight is 393 g/mol. The lowest BCUT2D eigenvalue weighted by atomic mass is 10.0. The number of aryl methyl sites for hydroxylation is 1. The number of thiazole rings is 1. The first kappa shape index (κ1) is 16.5. The van der Waals surface area contributed by atoms with Gasteiger partial charge in [0.1, 0.15) is 0 Å². The molecule has 134 valence electrons. The molecule has 1 spiro atoms. The maximum Gasteiger partial charge on any atom is 0.266 e. The summed E-state index contributed by atoms with van der Waals surface area (Å²) in [6.45, 7) is 1.97. The minimum atomic E-state index is -1.04. The van der Waals surface area contributed by atoms with Crippen molar-refractivity contribution >= 4 is 46.3 Å². The van der Waals surface area contributed by atoms with Gasteiger partial charge in [-0.1, -0.05) is 30.3 Å². The molecule has 1 fully saturated rings. The zero-order chi connectivity index (χ0) is 18.6. The van der Waals surface area contributed by atoms with E-state index in [0.717, 1.165) is 27.5 Å². The van der Waals surface area contributed by atoms with Crippen molar-refractivity contribution in [2.45, 2.75) is 11.8 Å². The van der Waals surface area contributed by atoms with Crippen molar-refractivity contribution in [3.05, 3.63) is 64.5 Å². The molecule has 3 aromatic rings. The lowest BCUT2D eigenvalue weighted by Gasteiger charge is -2.32. The first-order valence-electron chi connectivity index (χ1n) is 8.50. The summed E-state index contributed by atoms with van der Waals surface area (Å²) in [6, 6.07) is 15.3. The second-order valence-corrected chi connectivity index (χ2v) is 8.69. The third-order valence-corrected chi connectivity index (χ3v) is 7.03. The molecule has 0 radical (unpaired) electrons. The number of hydrogen-bond acceptors (Lipinski definition) is 5. The fourth-order valence-electron chi connectivity index (χ4n) is 3.66. The van der Waals surface area contributed by atoms with Crippen LogP contribution in [0, 0.1) is 6.92 Å². The Morgan fingerprint density at radius 3 is 2.63 bits per heavy atom. The molecule has 27 heavy (non-hydrogen) atoms. The van der Waals surface area contributed by atoms with Gasteiger partial charge in [0.2, 0.25) is 10.8 Å². The fraction of sp³-hybridized carbons (Fsp3) is 0.150. The Balaban J connectivity index is 1.59. The second kappa shape index (κ2) is 5.94. The smallest absolute Gasteiger partial charge is 0.266 e. The summed E-state index contributed by atoms with van der Waals surface area (Å²) in [5, 5.41) is 5.96. The summed E-state index contributed by atoms with van der Waals surface area (Å²) in [6.07, 6.45) is 0. The molecule has 2 aliphatic rings. The molecule has 0 aliphatic carbocycles. The third-order valence-electron chi connectivity index (χ3n) is 4.86. The van der Waals surface area contributed by atoms with E-state index < -0.39 is 4.87 Å². The van der Waals surface area contributed by atoms with Crippen molar-refractivity contribution in [3.63, 3.8) is 0 Å². The van der Waals surface area contributed by atoms with E-state index >= 15 is 0 Å².